The van der Waals surface area contributed by atoms with E-state index in [2.05, 4.69) is 15.4 Å². The molecular weight excluding hydrogens is 483 g/mol. The van der Waals surface area contributed by atoms with E-state index in [4.69, 9.17) is 0 Å². The fraction of sp³-hybridized carbons (Fsp3) is 0.500. The van der Waals surface area contributed by atoms with Crippen molar-refractivity contribution < 1.29 is 42.2 Å². The van der Waals surface area contributed by atoms with E-state index in [1.54, 1.807) is 6.08 Å². The van der Waals surface area contributed by atoms with Crippen LogP contribution in [0.3, 0.4) is 0 Å². The third-order valence-electron chi connectivity index (χ3n) is 6.69. The van der Waals surface area contributed by atoms with E-state index in [0.717, 1.165) is 23.8 Å². The SMILES string of the molecule is C/C1=C/C[C@H](NC(=O)c2cccc(C(F)(F)F)c2)C(=O)N2[C@H](CC[C@H]2C(=O)NC2CC(=O)OC2O)C1. The minimum atomic E-state index is -4.63. The summed E-state index contributed by atoms with van der Waals surface area (Å²) in [5.74, 6) is -2.58. The zero-order valence-electron chi connectivity index (χ0n) is 19.4. The molecule has 4 rings (SSSR count). The Balaban J connectivity index is 1.53. The second-order valence-corrected chi connectivity index (χ2v) is 9.29. The van der Waals surface area contributed by atoms with Crippen LogP contribution in [0.25, 0.3) is 0 Å². The normalized spacial score (nSPS) is 30.0. The van der Waals surface area contributed by atoms with Gasteiger partial charge in [-0.25, -0.2) is 0 Å². The first-order valence-electron chi connectivity index (χ1n) is 11.6. The van der Waals surface area contributed by atoms with Gasteiger partial charge in [0.15, 0.2) is 0 Å². The largest absolute Gasteiger partial charge is 0.434 e. The average molecular weight is 509 g/mol. The number of hydrogen-bond acceptors (Lipinski definition) is 6. The number of amides is 3. The van der Waals surface area contributed by atoms with Gasteiger partial charge in [-0.1, -0.05) is 17.7 Å². The number of halogens is 3. The van der Waals surface area contributed by atoms with Crippen molar-refractivity contribution >= 4 is 23.7 Å². The number of cyclic esters (lactones) is 1. The Morgan fingerprint density at radius 2 is 1.89 bits per heavy atom. The van der Waals surface area contributed by atoms with Crippen LogP contribution in [0.15, 0.2) is 35.9 Å². The number of nitrogens with one attached hydrogen (secondary N) is 2. The van der Waals surface area contributed by atoms with Crippen molar-refractivity contribution in [2.75, 3.05) is 0 Å². The summed E-state index contributed by atoms with van der Waals surface area (Å²) >= 11 is 0. The lowest BCUT2D eigenvalue weighted by atomic mass is 9.98. The Morgan fingerprint density at radius 1 is 1.14 bits per heavy atom. The maximum Gasteiger partial charge on any atom is 0.416 e. The molecule has 0 spiro atoms. The molecule has 0 saturated carbocycles. The molecule has 12 heteroatoms. The number of aliphatic hydroxyl groups is 1. The number of esters is 1. The van der Waals surface area contributed by atoms with Crippen LogP contribution in [0.4, 0.5) is 13.2 Å². The molecule has 194 valence electrons. The van der Waals surface area contributed by atoms with Crippen molar-refractivity contribution in [2.24, 2.45) is 0 Å². The highest BCUT2D eigenvalue weighted by atomic mass is 19.4. The quantitative estimate of drug-likeness (QED) is 0.419. The van der Waals surface area contributed by atoms with Crippen molar-refractivity contribution in [2.45, 2.75) is 75.7 Å². The molecule has 3 aliphatic heterocycles. The summed E-state index contributed by atoms with van der Waals surface area (Å²) in [6.07, 6.45) is -3.02. The maximum atomic E-state index is 13.5. The fourth-order valence-electron chi connectivity index (χ4n) is 4.87. The van der Waals surface area contributed by atoms with Crippen LogP contribution in [0.1, 0.15) is 54.9 Å². The molecule has 3 N–H and O–H groups in total. The topological polar surface area (TPSA) is 125 Å². The van der Waals surface area contributed by atoms with Gasteiger partial charge >= 0.3 is 12.1 Å². The van der Waals surface area contributed by atoms with Crippen LogP contribution in [-0.4, -0.2) is 64.2 Å². The first-order valence-corrected chi connectivity index (χ1v) is 11.6. The number of fused-ring (bicyclic) bond motifs is 1. The fourth-order valence-corrected chi connectivity index (χ4v) is 4.87. The van der Waals surface area contributed by atoms with Crippen molar-refractivity contribution in [3.8, 4) is 0 Å². The van der Waals surface area contributed by atoms with E-state index in [1.807, 2.05) is 6.92 Å². The van der Waals surface area contributed by atoms with Gasteiger partial charge in [0.05, 0.1) is 12.0 Å². The minimum absolute atomic E-state index is 0.108. The highest BCUT2D eigenvalue weighted by Crippen LogP contribution is 2.33. The van der Waals surface area contributed by atoms with Gasteiger partial charge in [0.1, 0.15) is 18.1 Å². The molecule has 3 aliphatic rings. The van der Waals surface area contributed by atoms with E-state index >= 15 is 0 Å². The molecule has 1 aromatic carbocycles. The van der Waals surface area contributed by atoms with Crippen LogP contribution >= 0.6 is 0 Å². The highest BCUT2D eigenvalue weighted by Gasteiger charge is 2.45. The summed E-state index contributed by atoms with van der Waals surface area (Å²) in [6.45, 7) is 1.87. The number of carbonyl (C=O) groups is 4. The number of benzene rings is 1. The van der Waals surface area contributed by atoms with Gasteiger partial charge in [-0.05, 0) is 50.8 Å². The monoisotopic (exact) mass is 509 g/mol. The average Bonchev–Trinajstić information content (AvgIpc) is 3.36. The Kier molecular flexibility index (Phi) is 7.07. The molecule has 2 saturated heterocycles. The van der Waals surface area contributed by atoms with Crippen LogP contribution in [0, 0.1) is 0 Å². The number of nitrogens with zero attached hydrogens (tertiary/aromatic N) is 1. The first kappa shape index (κ1) is 25.7. The molecule has 36 heavy (non-hydrogen) atoms. The van der Waals surface area contributed by atoms with Crippen LogP contribution in [-0.2, 0) is 25.3 Å². The maximum absolute atomic E-state index is 13.5. The summed E-state index contributed by atoms with van der Waals surface area (Å²) in [7, 11) is 0. The van der Waals surface area contributed by atoms with Gasteiger partial charge in [-0.15, -0.1) is 0 Å². The summed E-state index contributed by atoms with van der Waals surface area (Å²) in [5, 5.41) is 14.9. The molecule has 3 heterocycles. The van der Waals surface area contributed by atoms with Gasteiger partial charge in [0.25, 0.3) is 5.91 Å². The minimum Gasteiger partial charge on any atom is -0.434 e. The molecule has 0 bridgehead atoms. The molecule has 9 nitrogen and oxygen atoms in total. The number of aliphatic hydroxyl groups excluding tert-OH is 1. The molecule has 2 fully saturated rings. The first-order chi connectivity index (χ1) is 16.9. The van der Waals surface area contributed by atoms with E-state index in [1.165, 1.54) is 11.0 Å². The summed E-state index contributed by atoms with van der Waals surface area (Å²) < 4.78 is 43.9. The lowest BCUT2D eigenvalue weighted by Crippen LogP contribution is -2.57. The third kappa shape index (κ3) is 5.38. The number of rotatable bonds is 4. The Morgan fingerprint density at radius 3 is 2.56 bits per heavy atom. The lowest BCUT2D eigenvalue weighted by molar-refractivity contribution is -0.155. The number of ether oxygens (including phenoxy) is 1. The van der Waals surface area contributed by atoms with Crippen molar-refractivity contribution in [3.63, 3.8) is 0 Å². The van der Waals surface area contributed by atoms with Gasteiger partial charge in [-0.2, -0.15) is 13.2 Å². The Bertz CT molecular complexity index is 1100. The zero-order valence-corrected chi connectivity index (χ0v) is 19.4. The van der Waals surface area contributed by atoms with E-state index < -0.39 is 59.8 Å². The zero-order chi connectivity index (χ0) is 26.2. The second-order valence-electron chi connectivity index (χ2n) is 9.29. The molecule has 5 atom stereocenters. The van der Waals surface area contributed by atoms with Crippen LogP contribution in [0.2, 0.25) is 0 Å². The van der Waals surface area contributed by atoms with Crippen molar-refractivity contribution in [1.82, 2.24) is 15.5 Å². The Labute approximate surface area is 204 Å². The van der Waals surface area contributed by atoms with E-state index in [0.29, 0.717) is 19.3 Å². The molecule has 1 aromatic rings. The van der Waals surface area contributed by atoms with Gasteiger partial charge in [0.2, 0.25) is 18.1 Å². The standard InChI is InChI=1S/C24H26F3N3O6/c1-12-5-7-16(28-20(32)13-3-2-4-14(10-13)24(25,26)27)22(34)30-15(9-12)6-8-18(30)21(33)29-17-11-19(31)36-23(17)35/h2-5,10,15-18,23,35H,6-9,11H2,1H3,(H,28,32)(H,29,33)/b12-5-/t15-,16+,17?,18+,23?/m1/s1. The van der Waals surface area contributed by atoms with Crippen molar-refractivity contribution in [1.29, 1.82) is 0 Å². The smallest absolute Gasteiger partial charge is 0.416 e. The van der Waals surface area contributed by atoms with E-state index in [-0.39, 0.29) is 24.4 Å². The lowest BCUT2D eigenvalue weighted by Gasteiger charge is -2.35. The third-order valence-corrected chi connectivity index (χ3v) is 6.69. The molecule has 3 amide bonds. The Hall–Kier alpha value is -3.41. The molecule has 0 aliphatic carbocycles. The predicted octanol–water partition coefficient (Wildman–Crippen LogP) is 1.65. The predicted molar refractivity (Wildman–Crippen MR) is 118 cm³/mol. The van der Waals surface area contributed by atoms with Gasteiger partial charge < -0.3 is 25.4 Å². The summed E-state index contributed by atoms with van der Waals surface area (Å²) in [5.41, 5.74) is -0.280. The van der Waals surface area contributed by atoms with Gasteiger partial charge in [0, 0.05) is 11.6 Å². The van der Waals surface area contributed by atoms with Gasteiger partial charge in [-0.3, -0.25) is 19.2 Å². The van der Waals surface area contributed by atoms with Crippen LogP contribution in [0.5, 0.6) is 0 Å². The van der Waals surface area contributed by atoms with Crippen molar-refractivity contribution in [3.05, 3.63) is 47.0 Å². The van der Waals surface area contributed by atoms with E-state index in [9.17, 15) is 37.5 Å². The number of hydrogen-bond donors (Lipinski definition) is 3. The molecule has 2 unspecified atom stereocenters. The van der Waals surface area contributed by atoms with Crippen LogP contribution < -0.4 is 10.6 Å². The number of alkyl halides is 3. The summed E-state index contributed by atoms with van der Waals surface area (Å²) in [4.78, 5) is 52.2. The highest BCUT2D eigenvalue weighted by molar-refractivity contribution is 5.99. The number of carbonyl (C=O) groups excluding carboxylic acids is 4. The molecular formula is C24H26F3N3O6. The second kappa shape index (κ2) is 9.92. The molecule has 0 radical (unpaired) electrons. The summed E-state index contributed by atoms with van der Waals surface area (Å²) in [6, 6.07) is 0.659. The molecule has 0 aromatic heterocycles.